The van der Waals surface area contributed by atoms with Gasteiger partial charge in [-0.1, -0.05) is 12.1 Å². The summed E-state index contributed by atoms with van der Waals surface area (Å²) in [7, 11) is 0. The van der Waals surface area contributed by atoms with E-state index >= 15 is 0 Å². The highest BCUT2D eigenvalue weighted by Gasteiger charge is 2.37. The molecule has 1 atom stereocenters. The maximum absolute atomic E-state index is 13.7. The molecule has 1 aromatic carbocycles. The van der Waals surface area contributed by atoms with Crippen molar-refractivity contribution in [1.82, 2.24) is 20.2 Å². The normalized spacial score (nSPS) is 18.8. The number of carbonyl (C=O) groups excluding carboxylic acids is 1. The van der Waals surface area contributed by atoms with Gasteiger partial charge in [-0.25, -0.2) is 9.97 Å². The van der Waals surface area contributed by atoms with E-state index in [2.05, 4.69) is 26.3 Å². The number of β-amino-alcohol motifs (C(OH)–C–C–N with tert-alkyl or cyclic N) is 1. The smallest absolute Gasteiger partial charge is 0.395 e. The van der Waals surface area contributed by atoms with Crippen LogP contribution in [-0.4, -0.2) is 84.8 Å². The number of aliphatic hydroxyl groups is 1. The SMILES string of the molecule is N#Cc1ccc(CCNC(=O)[C@@H]2CCCN(c3cc(N4CCN(CCO)CC4)nc(C(F)(F)F)n3)C2)cc1. The Labute approximate surface area is 219 Å². The van der Waals surface area contributed by atoms with Crippen LogP contribution in [0.4, 0.5) is 24.8 Å². The van der Waals surface area contributed by atoms with Crippen molar-refractivity contribution in [3.63, 3.8) is 0 Å². The largest absolute Gasteiger partial charge is 0.451 e. The summed E-state index contributed by atoms with van der Waals surface area (Å²) in [5.41, 5.74) is 1.57. The van der Waals surface area contributed by atoms with Crippen molar-refractivity contribution >= 4 is 17.5 Å². The molecule has 1 amide bonds. The molecule has 0 unspecified atom stereocenters. The lowest BCUT2D eigenvalue weighted by Crippen LogP contribution is -2.48. The van der Waals surface area contributed by atoms with Gasteiger partial charge in [0, 0.05) is 58.4 Å². The molecule has 2 saturated heterocycles. The quantitative estimate of drug-likeness (QED) is 0.533. The fourth-order valence-electron chi connectivity index (χ4n) is 4.83. The van der Waals surface area contributed by atoms with E-state index in [9.17, 15) is 18.0 Å². The average Bonchev–Trinajstić information content (AvgIpc) is 2.93. The Bertz CT molecular complexity index is 1130. The minimum absolute atomic E-state index is 0.0367. The first-order valence-corrected chi connectivity index (χ1v) is 12.8. The molecule has 0 spiro atoms. The molecule has 2 aliphatic rings. The molecule has 2 aromatic rings. The highest BCUT2D eigenvalue weighted by molar-refractivity contribution is 5.79. The van der Waals surface area contributed by atoms with E-state index in [0.717, 1.165) is 5.56 Å². The number of halogens is 3. The monoisotopic (exact) mass is 531 g/mol. The molecule has 1 aromatic heterocycles. The fourth-order valence-corrected chi connectivity index (χ4v) is 4.83. The van der Waals surface area contributed by atoms with Crippen LogP contribution >= 0.6 is 0 Å². The van der Waals surface area contributed by atoms with Crippen LogP contribution in [0.5, 0.6) is 0 Å². The van der Waals surface area contributed by atoms with Crippen molar-refractivity contribution in [3.05, 3.63) is 47.3 Å². The molecule has 0 saturated carbocycles. The molecule has 0 bridgehead atoms. The third-order valence-corrected chi connectivity index (χ3v) is 6.98. The molecule has 2 fully saturated rings. The molecular formula is C26H32F3N7O2. The molecule has 2 aliphatic heterocycles. The first-order valence-electron chi connectivity index (χ1n) is 12.8. The summed E-state index contributed by atoms with van der Waals surface area (Å²) in [6, 6.07) is 10.8. The number of hydrogen-bond acceptors (Lipinski definition) is 8. The van der Waals surface area contributed by atoms with Gasteiger partial charge in [-0.15, -0.1) is 0 Å². The summed E-state index contributed by atoms with van der Waals surface area (Å²) in [4.78, 5) is 26.1. The second-order valence-corrected chi connectivity index (χ2v) is 9.59. The van der Waals surface area contributed by atoms with E-state index in [1.54, 1.807) is 23.1 Å². The van der Waals surface area contributed by atoms with Crippen molar-refractivity contribution in [3.8, 4) is 6.07 Å². The van der Waals surface area contributed by atoms with Gasteiger partial charge in [0.1, 0.15) is 11.6 Å². The number of piperidine rings is 1. The maximum Gasteiger partial charge on any atom is 0.451 e. The van der Waals surface area contributed by atoms with Crippen LogP contribution in [0.2, 0.25) is 0 Å². The Kier molecular flexibility index (Phi) is 9.01. The van der Waals surface area contributed by atoms with Crippen molar-refractivity contribution < 1.29 is 23.1 Å². The van der Waals surface area contributed by atoms with E-state index in [-0.39, 0.29) is 36.6 Å². The van der Waals surface area contributed by atoms with Gasteiger partial charge in [-0.2, -0.15) is 18.4 Å². The first-order chi connectivity index (χ1) is 18.3. The molecule has 2 N–H and O–H groups in total. The van der Waals surface area contributed by atoms with Crippen molar-refractivity contribution in [2.24, 2.45) is 5.92 Å². The number of amides is 1. The number of alkyl halides is 3. The molecule has 0 aliphatic carbocycles. The number of aromatic nitrogens is 2. The summed E-state index contributed by atoms with van der Waals surface area (Å²) in [5.74, 6) is -1.28. The molecule has 0 radical (unpaired) electrons. The highest BCUT2D eigenvalue weighted by atomic mass is 19.4. The Morgan fingerprint density at radius 1 is 1.08 bits per heavy atom. The number of carbonyl (C=O) groups is 1. The van der Waals surface area contributed by atoms with E-state index in [0.29, 0.717) is 70.6 Å². The zero-order valence-electron chi connectivity index (χ0n) is 21.1. The Hall–Kier alpha value is -3.43. The van der Waals surface area contributed by atoms with E-state index in [1.165, 1.54) is 0 Å². The number of hydrogen-bond donors (Lipinski definition) is 2. The lowest BCUT2D eigenvalue weighted by Gasteiger charge is -2.36. The molecule has 3 heterocycles. The highest BCUT2D eigenvalue weighted by Crippen LogP contribution is 2.32. The number of nitrogens with zero attached hydrogens (tertiary/aromatic N) is 6. The van der Waals surface area contributed by atoms with Crippen LogP contribution in [0.15, 0.2) is 30.3 Å². The summed E-state index contributed by atoms with van der Waals surface area (Å²) in [6.45, 7) is 4.02. The third kappa shape index (κ3) is 7.11. The Morgan fingerprint density at radius 3 is 2.39 bits per heavy atom. The standard InChI is InChI=1S/C26H32F3N7O2/c27-26(28,29)25-32-22(35-12-10-34(11-13-35)14-15-37)16-23(33-25)36-9-1-2-21(18-36)24(38)31-8-7-19-3-5-20(17-30)6-4-19/h3-6,16,21,37H,1-2,7-15,18H2,(H,31,38)/t21-/m1/s1. The molecule has 38 heavy (non-hydrogen) atoms. The average molecular weight is 532 g/mol. The lowest BCUT2D eigenvalue weighted by molar-refractivity contribution is -0.144. The van der Waals surface area contributed by atoms with Crippen molar-refractivity contribution in [1.29, 1.82) is 5.26 Å². The van der Waals surface area contributed by atoms with Gasteiger partial charge >= 0.3 is 6.18 Å². The minimum Gasteiger partial charge on any atom is -0.395 e. The van der Waals surface area contributed by atoms with Crippen LogP contribution < -0.4 is 15.1 Å². The van der Waals surface area contributed by atoms with Crippen LogP contribution in [0.25, 0.3) is 0 Å². The van der Waals surface area contributed by atoms with E-state index in [4.69, 9.17) is 10.4 Å². The molecule has 12 heteroatoms. The fraction of sp³-hybridized carbons (Fsp3) is 0.538. The maximum atomic E-state index is 13.7. The zero-order chi connectivity index (χ0) is 27.1. The van der Waals surface area contributed by atoms with Gasteiger partial charge in [-0.3, -0.25) is 9.69 Å². The minimum atomic E-state index is -4.69. The van der Waals surface area contributed by atoms with Gasteiger partial charge in [0.05, 0.1) is 24.2 Å². The number of rotatable bonds is 8. The summed E-state index contributed by atoms with van der Waals surface area (Å²) >= 11 is 0. The zero-order valence-corrected chi connectivity index (χ0v) is 21.1. The second-order valence-electron chi connectivity index (χ2n) is 9.59. The van der Waals surface area contributed by atoms with E-state index in [1.807, 2.05) is 17.0 Å². The lowest BCUT2D eigenvalue weighted by atomic mass is 9.97. The van der Waals surface area contributed by atoms with E-state index < -0.39 is 12.0 Å². The third-order valence-electron chi connectivity index (χ3n) is 6.98. The van der Waals surface area contributed by atoms with Crippen LogP contribution in [0.3, 0.4) is 0 Å². The summed E-state index contributed by atoms with van der Waals surface area (Å²) in [5, 5.41) is 21.0. The van der Waals surface area contributed by atoms with Crippen LogP contribution in [0, 0.1) is 17.2 Å². The predicted molar refractivity (Wildman–Crippen MR) is 136 cm³/mol. The van der Waals surface area contributed by atoms with Crippen molar-refractivity contribution in [2.75, 3.05) is 68.8 Å². The second kappa shape index (κ2) is 12.4. The number of piperazine rings is 1. The number of benzene rings is 1. The summed E-state index contributed by atoms with van der Waals surface area (Å²) < 4.78 is 41.1. The number of anilines is 2. The van der Waals surface area contributed by atoms with Crippen LogP contribution in [0.1, 0.15) is 29.8 Å². The molecule has 4 rings (SSSR count). The molecular weight excluding hydrogens is 499 g/mol. The number of aliphatic hydroxyl groups excluding tert-OH is 1. The van der Waals surface area contributed by atoms with Gasteiger partial charge < -0.3 is 20.2 Å². The van der Waals surface area contributed by atoms with Gasteiger partial charge in [0.15, 0.2) is 0 Å². The summed E-state index contributed by atoms with van der Waals surface area (Å²) in [6.07, 6.45) is -2.77. The Morgan fingerprint density at radius 2 is 1.76 bits per heavy atom. The predicted octanol–water partition coefficient (Wildman–Crippen LogP) is 2.06. The Balaban J connectivity index is 1.41. The van der Waals surface area contributed by atoms with Gasteiger partial charge in [0.25, 0.3) is 0 Å². The van der Waals surface area contributed by atoms with Crippen LogP contribution in [-0.2, 0) is 17.4 Å². The number of nitrogens with one attached hydrogen (secondary N) is 1. The molecule has 204 valence electrons. The first kappa shape index (κ1) is 27.6. The van der Waals surface area contributed by atoms with Gasteiger partial charge in [-0.05, 0) is 37.0 Å². The number of nitriles is 1. The topological polar surface area (TPSA) is 109 Å². The van der Waals surface area contributed by atoms with Crippen molar-refractivity contribution in [2.45, 2.75) is 25.4 Å². The van der Waals surface area contributed by atoms with Gasteiger partial charge in [0.2, 0.25) is 11.7 Å². The molecule has 9 nitrogen and oxygen atoms in total.